The zero-order chi connectivity index (χ0) is 14.8. The van der Waals surface area contributed by atoms with E-state index in [1.54, 1.807) is 24.4 Å². The van der Waals surface area contributed by atoms with E-state index in [2.05, 4.69) is 5.32 Å². The molecule has 0 saturated carbocycles. The number of nitrogens with two attached hydrogens (primary N) is 1. The third-order valence-corrected chi connectivity index (χ3v) is 6.59. The van der Waals surface area contributed by atoms with Gasteiger partial charge in [-0.2, -0.15) is 4.31 Å². The third kappa shape index (κ3) is 3.95. The zero-order valence-corrected chi connectivity index (χ0v) is 14.1. The van der Waals surface area contributed by atoms with Gasteiger partial charge in [-0.1, -0.05) is 6.07 Å². The number of hydrogen-bond acceptors (Lipinski definition) is 5. The van der Waals surface area contributed by atoms with E-state index < -0.39 is 16.1 Å². The minimum atomic E-state index is -3.57. The molecule has 1 aromatic heterocycles. The molecular weight excluding hydrogens is 334 g/mol. The summed E-state index contributed by atoms with van der Waals surface area (Å²) in [6.45, 7) is 2.51. The number of nitrogens with one attached hydrogen (secondary N) is 1. The van der Waals surface area contributed by atoms with Gasteiger partial charge in [0.05, 0.1) is 0 Å². The first-order valence-electron chi connectivity index (χ1n) is 6.52. The Balaban J connectivity index is 0.00000220. The molecule has 0 bridgehead atoms. The van der Waals surface area contributed by atoms with Crippen LogP contribution in [0.2, 0.25) is 0 Å². The molecule has 1 aliphatic heterocycles. The second kappa shape index (κ2) is 7.55. The Morgan fingerprint density at radius 1 is 1.62 bits per heavy atom. The van der Waals surface area contributed by atoms with Crippen molar-refractivity contribution in [3.05, 3.63) is 17.5 Å². The van der Waals surface area contributed by atoms with Gasteiger partial charge in [0.15, 0.2) is 0 Å². The Morgan fingerprint density at radius 2 is 2.33 bits per heavy atom. The molecule has 0 spiro atoms. The molecule has 120 valence electrons. The minimum Gasteiger partial charge on any atom is -0.351 e. The maximum atomic E-state index is 12.5. The number of carbonyl (C=O) groups is 1. The van der Waals surface area contributed by atoms with Gasteiger partial charge in [0.25, 0.3) is 10.0 Å². The lowest BCUT2D eigenvalue weighted by Gasteiger charge is -2.24. The number of thiophene rings is 1. The van der Waals surface area contributed by atoms with Crippen LogP contribution in [0.4, 0.5) is 0 Å². The van der Waals surface area contributed by atoms with Crippen LogP contribution in [0.15, 0.2) is 21.7 Å². The van der Waals surface area contributed by atoms with Crippen molar-refractivity contribution in [1.82, 2.24) is 9.62 Å². The topological polar surface area (TPSA) is 92.5 Å². The van der Waals surface area contributed by atoms with Crippen LogP contribution < -0.4 is 11.1 Å². The standard InChI is InChI=1S/C12H19N3O3S2.ClH/c1-9(8-13)14-12(16)10-4-2-6-15(10)20(17,18)11-5-3-7-19-11;/h3,5,7,9-10H,2,4,6,8,13H2,1H3,(H,14,16);1H/t9-,10?;/m0./s1. The molecule has 2 heterocycles. The Morgan fingerprint density at radius 3 is 2.90 bits per heavy atom. The van der Waals surface area contributed by atoms with Gasteiger partial charge < -0.3 is 11.1 Å². The molecule has 0 aromatic carbocycles. The lowest BCUT2D eigenvalue weighted by molar-refractivity contribution is -0.124. The first-order chi connectivity index (χ1) is 9.46. The highest BCUT2D eigenvalue weighted by molar-refractivity contribution is 7.91. The highest BCUT2D eigenvalue weighted by Crippen LogP contribution is 2.28. The van der Waals surface area contributed by atoms with E-state index in [1.165, 1.54) is 15.6 Å². The maximum Gasteiger partial charge on any atom is 0.253 e. The van der Waals surface area contributed by atoms with Gasteiger partial charge in [0, 0.05) is 19.1 Å². The van der Waals surface area contributed by atoms with Crippen molar-refractivity contribution in [1.29, 1.82) is 0 Å². The van der Waals surface area contributed by atoms with E-state index in [1.807, 2.05) is 0 Å². The van der Waals surface area contributed by atoms with Gasteiger partial charge in [-0.25, -0.2) is 8.42 Å². The molecule has 1 saturated heterocycles. The van der Waals surface area contributed by atoms with Crippen molar-refractivity contribution in [2.24, 2.45) is 5.73 Å². The van der Waals surface area contributed by atoms with E-state index in [0.717, 1.165) is 0 Å². The van der Waals surface area contributed by atoms with Crippen LogP contribution in [0.3, 0.4) is 0 Å². The Bertz CT molecular complexity index is 562. The van der Waals surface area contributed by atoms with Gasteiger partial charge >= 0.3 is 0 Å². The third-order valence-electron chi connectivity index (χ3n) is 3.31. The van der Waals surface area contributed by atoms with Crippen LogP contribution in [-0.4, -0.2) is 43.8 Å². The van der Waals surface area contributed by atoms with Crippen LogP contribution in [0, 0.1) is 0 Å². The molecule has 9 heteroatoms. The number of hydrogen-bond donors (Lipinski definition) is 2. The number of sulfonamides is 1. The maximum absolute atomic E-state index is 12.5. The van der Waals surface area contributed by atoms with Crippen molar-refractivity contribution in [3.63, 3.8) is 0 Å². The average Bonchev–Trinajstić information content (AvgIpc) is 3.09. The Hall–Kier alpha value is -0.670. The second-order valence-corrected chi connectivity index (χ2v) is 7.92. The van der Waals surface area contributed by atoms with Crippen LogP contribution in [0.25, 0.3) is 0 Å². The van der Waals surface area contributed by atoms with Gasteiger partial charge in [-0.15, -0.1) is 23.7 Å². The molecule has 0 radical (unpaired) electrons. The number of rotatable bonds is 5. The summed E-state index contributed by atoms with van der Waals surface area (Å²) < 4.78 is 26.6. The molecule has 2 rings (SSSR count). The highest BCUT2D eigenvalue weighted by Gasteiger charge is 2.39. The highest BCUT2D eigenvalue weighted by atomic mass is 35.5. The molecule has 3 N–H and O–H groups in total. The molecule has 1 unspecified atom stereocenters. The van der Waals surface area contributed by atoms with Gasteiger partial charge in [0.2, 0.25) is 5.91 Å². The monoisotopic (exact) mass is 353 g/mol. The van der Waals surface area contributed by atoms with Crippen LogP contribution >= 0.6 is 23.7 Å². The van der Waals surface area contributed by atoms with E-state index in [9.17, 15) is 13.2 Å². The molecule has 2 atom stereocenters. The molecule has 0 aliphatic carbocycles. The smallest absolute Gasteiger partial charge is 0.253 e. The van der Waals surface area contributed by atoms with Crippen molar-refractivity contribution < 1.29 is 13.2 Å². The molecule has 1 fully saturated rings. The number of nitrogens with zero attached hydrogens (tertiary/aromatic N) is 1. The van der Waals surface area contributed by atoms with E-state index >= 15 is 0 Å². The van der Waals surface area contributed by atoms with Crippen LogP contribution in [0.5, 0.6) is 0 Å². The summed E-state index contributed by atoms with van der Waals surface area (Å²) in [6.07, 6.45) is 1.24. The van der Waals surface area contributed by atoms with Crippen LogP contribution in [-0.2, 0) is 14.8 Å². The normalized spacial score (nSPS) is 20.8. The second-order valence-electron chi connectivity index (χ2n) is 4.85. The molecular formula is C12H20ClN3O3S2. The lowest BCUT2D eigenvalue weighted by Crippen LogP contribution is -2.49. The zero-order valence-electron chi connectivity index (χ0n) is 11.7. The van der Waals surface area contributed by atoms with Crippen molar-refractivity contribution >= 4 is 39.7 Å². The summed E-state index contributed by atoms with van der Waals surface area (Å²) in [4.78, 5) is 12.2. The summed E-state index contributed by atoms with van der Waals surface area (Å²) >= 11 is 1.17. The fraction of sp³-hybridized carbons (Fsp3) is 0.583. The first-order valence-corrected chi connectivity index (χ1v) is 8.84. The van der Waals surface area contributed by atoms with E-state index in [-0.39, 0.29) is 28.6 Å². The lowest BCUT2D eigenvalue weighted by atomic mass is 10.2. The molecule has 6 nitrogen and oxygen atoms in total. The van der Waals surface area contributed by atoms with Gasteiger partial charge in [-0.3, -0.25) is 4.79 Å². The molecule has 21 heavy (non-hydrogen) atoms. The molecule has 1 aromatic rings. The Kier molecular flexibility index (Phi) is 6.61. The average molecular weight is 354 g/mol. The fourth-order valence-electron chi connectivity index (χ4n) is 2.21. The number of carbonyl (C=O) groups excluding carboxylic acids is 1. The van der Waals surface area contributed by atoms with Crippen molar-refractivity contribution in [2.75, 3.05) is 13.1 Å². The predicted molar refractivity (Wildman–Crippen MR) is 85.1 cm³/mol. The largest absolute Gasteiger partial charge is 0.351 e. The summed E-state index contributed by atoms with van der Waals surface area (Å²) in [5.74, 6) is -0.263. The minimum absolute atomic E-state index is 0. The van der Waals surface area contributed by atoms with E-state index in [4.69, 9.17) is 5.73 Å². The SMILES string of the molecule is C[C@@H](CN)NC(=O)C1CCCN1S(=O)(=O)c1cccs1.Cl. The summed E-state index contributed by atoms with van der Waals surface area (Å²) in [6, 6.07) is 2.47. The summed E-state index contributed by atoms with van der Waals surface area (Å²) in [7, 11) is -3.57. The molecule has 1 amide bonds. The molecule has 1 aliphatic rings. The van der Waals surface area contributed by atoms with Gasteiger partial charge in [0.1, 0.15) is 10.3 Å². The summed E-state index contributed by atoms with van der Waals surface area (Å²) in [5, 5.41) is 4.47. The van der Waals surface area contributed by atoms with Crippen molar-refractivity contribution in [2.45, 2.75) is 36.1 Å². The van der Waals surface area contributed by atoms with E-state index in [0.29, 0.717) is 25.9 Å². The quantitative estimate of drug-likeness (QED) is 0.818. The predicted octanol–water partition coefficient (Wildman–Crippen LogP) is 0.786. The van der Waals surface area contributed by atoms with Crippen molar-refractivity contribution in [3.8, 4) is 0 Å². The Labute approximate surface area is 135 Å². The number of halogens is 1. The number of amides is 1. The fourth-order valence-corrected chi connectivity index (χ4v) is 4.99. The van der Waals surface area contributed by atoms with Gasteiger partial charge in [-0.05, 0) is 31.2 Å². The first kappa shape index (κ1) is 18.4. The summed E-state index contributed by atoms with van der Waals surface area (Å²) in [5.41, 5.74) is 5.47. The van der Waals surface area contributed by atoms with Crippen LogP contribution in [0.1, 0.15) is 19.8 Å².